The zero-order chi connectivity index (χ0) is 11.5. The van der Waals surface area contributed by atoms with Gasteiger partial charge in [0.25, 0.3) is 0 Å². The Bertz CT molecular complexity index is 304. The molecule has 1 atom stereocenters. The highest BCUT2D eigenvalue weighted by Crippen LogP contribution is 2.29. The van der Waals surface area contributed by atoms with E-state index in [1.165, 1.54) is 0 Å². The first-order valence-corrected chi connectivity index (χ1v) is 5.11. The lowest BCUT2D eigenvalue weighted by Crippen LogP contribution is -2.23. The fraction of sp³-hybridized carbons (Fsp3) is 0.500. The summed E-state index contributed by atoms with van der Waals surface area (Å²) < 4.78 is 14.2. The van der Waals surface area contributed by atoms with Gasteiger partial charge in [0, 0.05) is 12.2 Å². The first-order chi connectivity index (χ1) is 6.92. The highest BCUT2D eigenvalue weighted by atomic mass is 19.1. The van der Waals surface area contributed by atoms with Crippen LogP contribution >= 0.6 is 0 Å². The van der Waals surface area contributed by atoms with Gasteiger partial charge in [0.15, 0.2) is 0 Å². The zero-order valence-corrected chi connectivity index (χ0v) is 9.63. The molecule has 3 heteroatoms. The molecular weight excluding hydrogens is 191 g/mol. The molecule has 1 unspecified atom stereocenters. The minimum atomic E-state index is -1.28. The van der Waals surface area contributed by atoms with Crippen molar-refractivity contribution in [3.05, 3.63) is 29.8 Å². The predicted octanol–water partition coefficient (Wildman–Crippen LogP) is 2.41. The van der Waals surface area contributed by atoms with Crippen LogP contribution in [0.5, 0.6) is 0 Å². The smallest absolute Gasteiger partial charge is 0.134 e. The van der Waals surface area contributed by atoms with E-state index >= 15 is 0 Å². The SMILES string of the molecule is CN(C)CCC(C)(F)c1ccc(N)cc1. The van der Waals surface area contributed by atoms with Gasteiger partial charge < -0.3 is 10.6 Å². The van der Waals surface area contributed by atoms with Crippen LogP contribution < -0.4 is 5.73 Å². The number of halogens is 1. The molecule has 0 aliphatic heterocycles. The van der Waals surface area contributed by atoms with Gasteiger partial charge >= 0.3 is 0 Å². The number of anilines is 1. The molecule has 0 fully saturated rings. The van der Waals surface area contributed by atoms with Crippen LogP contribution in [0.25, 0.3) is 0 Å². The van der Waals surface area contributed by atoms with Gasteiger partial charge in [-0.15, -0.1) is 0 Å². The molecule has 0 spiro atoms. The average molecular weight is 210 g/mol. The minimum Gasteiger partial charge on any atom is -0.399 e. The Balaban J connectivity index is 2.72. The lowest BCUT2D eigenvalue weighted by molar-refractivity contribution is 0.158. The quantitative estimate of drug-likeness (QED) is 0.773. The Morgan fingerprint density at radius 1 is 1.27 bits per heavy atom. The third-order valence-electron chi connectivity index (χ3n) is 2.54. The molecule has 0 radical (unpaired) electrons. The first kappa shape index (κ1) is 12.0. The normalized spacial score (nSPS) is 15.3. The van der Waals surface area contributed by atoms with Crippen LogP contribution in [0.2, 0.25) is 0 Å². The summed E-state index contributed by atoms with van der Waals surface area (Å²) >= 11 is 0. The molecule has 0 heterocycles. The van der Waals surface area contributed by atoms with E-state index in [-0.39, 0.29) is 0 Å². The van der Waals surface area contributed by atoms with E-state index in [9.17, 15) is 4.39 Å². The zero-order valence-electron chi connectivity index (χ0n) is 9.63. The fourth-order valence-corrected chi connectivity index (χ4v) is 1.41. The van der Waals surface area contributed by atoms with Crippen LogP contribution in [0.4, 0.5) is 10.1 Å². The van der Waals surface area contributed by atoms with Crippen LogP contribution in [0, 0.1) is 0 Å². The maximum Gasteiger partial charge on any atom is 0.134 e. The summed E-state index contributed by atoms with van der Waals surface area (Å²) in [6.07, 6.45) is 0.490. The number of nitrogens with two attached hydrogens (primary N) is 1. The van der Waals surface area contributed by atoms with Gasteiger partial charge in [-0.2, -0.15) is 0 Å². The van der Waals surface area contributed by atoms with Gasteiger partial charge in [-0.05, 0) is 45.1 Å². The van der Waals surface area contributed by atoms with Crippen molar-refractivity contribution in [1.82, 2.24) is 4.90 Å². The standard InChI is InChI=1S/C12H19FN2/c1-12(13,8-9-15(2)3)10-4-6-11(14)7-5-10/h4-7H,8-9,14H2,1-3H3. The molecular formula is C12H19FN2. The van der Waals surface area contributed by atoms with Gasteiger partial charge in [0.1, 0.15) is 5.67 Å². The van der Waals surface area contributed by atoms with E-state index < -0.39 is 5.67 Å². The maximum atomic E-state index is 14.2. The van der Waals surface area contributed by atoms with Gasteiger partial charge in [-0.1, -0.05) is 12.1 Å². The van der Waals surface area contributed by atoms with Crippen LogP contribution in [0.15, 0.2) is 24.3 Å². The van der Waals surface area contributed by atoms with E-state index in [1.54, 1.807) is 31.2 Å². The number of benzene rings is 1. The molecule has 2 nitrogen and oxygen atoms in total. The summed E-state index contributed by atoms with van der Waals surface area (Å²) in [4.78, 5) is 1.98. The molecule has 1 aromatic rings. The highest BCUT2D eigenvalue weighted by molar-refractivity contribution is 5.40. The summed E-state index contributed by atoms with van der Waals surface area (Å²) in [5.74, 6) is 0. The minimum absolute atomic E-state index is 0.490. The van der Waals surface area contributed by atoms with Crippen molar-refractivity contribution in [1.29, 1.82) is 0 Å². The maximum absolute atomic E-state index is 14.2. The van der Waals surface area contributed by atoms with E-state index in [1.807, 2.05) is 19.0 Å². The van der Waals surface area contributed by atoms with Crippen molar-refractivity contribution < 1.29 is 4.39 Å². The molecule has 0 amide bonds. The topological polar surface area (TPSA) is 29.3 Å². The summed E-state index contributed by atoms with van der Waals surface area (Å²) in [7, 11) is 3.89. The molecule has 2 N–H and O–H groups in total. The molecule has 0 aliphatic rings. The Morgan fingerprint density at radius 2 is 1.80 bits per heavy atom. The average Bonchev–Trinajstić information content (AvgIpc) is 2.16. The van der Waals surface area contributed by atoms with Crippen molar-refractivity contribution in [3.8, 4) is 0 Å². The number of hydrogen-bond acceptors (Lipinski definition) is 2. The van der Waals surface area contributed by atoms with Gasteiger partial charge in [-0.25, -0.2) is 4.39 Å². The van der Waals surface area contributed by atoms with E-state index in [4.69, 9.17) is 5.73 Å². The van der Waals surface area contributed by atoms with Crippen LogP contribution in [-0.4, -0.2) is 25.5 Å². The Hall–Kier alpha value is -1.09. The van der Waals surface area contributed by atoms with Crippen LogP contribution in [-0.2, 0) is 5.67 Å². The second kappa shape index (κ2) is 4.62. The molecule has 15 heavy (non-hydrogen) atoms. The first-order valence-electron chi connectivity index (χ1n) is 5.11. The lowest BCUT2D eigenvalue weighted by atomic mass is 9.94. The van der Waals surface area contributed by atoms with Crippen molar-refractivity contribution in [2.24, 2.45) is 0 Å². The lowest BCUT2D eigenvalue weighted by Gasteiger charge is -2.23. The highest BCUT2D eigenvalue weighted by Gasteiger charge is 2.25. The van der Waals surface area contributed by atoms with Crippen molar-refractivity contribution in [2.75, 3.05) is 26.4 Å². The molecule has 0 saturated heterocycles. The number of hydrogen-bond donors (Lipinski definition) is 1. The third kappa shape index (κ3) is 3.51. The number of nitrogen functional groups attached to an aromatic ring is 1. The molecule has 0 aromatic heterocycles. The van der Waals surface area contributed by atoms with E-state index in [2.05, 4.69) is 0 Å². The van der Waals surface area contributed by atoms with Crippen molar-refractivity contribution in [3.63, 3.8) is 0 Å². The predicted molar refractivity (Wildman–Crippen MR) is 62.5 cm³/mol. The monoisotopic (exact) mass is 210 g/mol. The van der Waals surface area contributed by atoms with Gasteiger partial charge in [-0.3, -0.25) is 0 Å². The molecule has 84 valence electrons. The largest absolute Gasteiger partial charge is 0.399 e. The van der Waals surface area contributed by atoms with Crippen LogP contribution in [0.1, 0.15) is 18.9 Å². The summed E-state index contributed by atoms with van der Waals surface area (Å²) in [6, 6.07) is 6.99. The van der Waals surface area contributed by atoms with Crippen LogP contribution in [0.3, 0.4) is 0 Å². The summed E-state index contributed by atoms with van der Waals surface area (Å²) in [5, 5.41) is 0. The second-order valence-electron chi connectivity index (χ2n) is 4.37. The second-order valence-corrected chi connectivity index (χ2v) is 4.37. The van der Waals surface area contributed by atoms with Gasteiger partial charge in [0.05, 0.1) is 0 Å². The molecule has 1 aromatic carbocycles. The molecule has 1 rings (SSSR count). The number of nitrogens with zero attached hydrogens (tertiary/aromatic N) is 1. The summed E-state index contributed by atoms with van der Waals surface area (Å²) in [5.41, 5.74) is 5.64. The number of rotatable bonds is 4. The fourth-order valence-electron chi connectivity index (χ4n) is 1.41. The molecule has 0 bridgehead atoms. The summed E-state index contributed by atoms with van der Waals surface area (Å²) in [6.45, 7) is 2.35. The Labute approximate surface area is 90.9 Å². The Kier molecular flexibility index (Phi) is 3.69. The van der Waals surface area contributed by atoms with E-state index in [0.29, 0.717) is 17.7 Å². The van der Waals surface area contributed by atoms with Crippen molar-refractivity contribution in [2.45, 2.75) is 19.0 Å². The number of alkyl halides is 1. The Morgan fingerprint density at radius 3 is 2.27 bits per heavy atom. The van der Waals surface area contributed by atoms with E-state index in [0.717, 1.165) is 6.54 Å². The molecule has 0 aliphatic carbocycles. The third-order valence-corrected chi connectivity index (χ3v) is 2.54. The van der Waals surface area contributed by atoms with Crippen molar-refractivity contribution >= 4 is 5.69 Å². The van der Waals surface area contributed by atoms with Gasteiger partial charge in [0.2, 0.25) is 0 Å². The molecule has 0 saturated carbocycles.